The first-order valence-corrected chi connectivity index (χ1v) is 11.2. The third-order valence-electron chi connectivity index (χ3n) is 5.15. The van der Waals surface area contributed by atoms with E-state index in [0.717, 1.165) is 6.42 Å². The second kappa shape index (κ2) is 8.49. The number of sulfonamides is 1. The number of fused-ring (bicyclic) bond motifs is 1. The lowest BCUT2D eigenvalue weighted by atomic mass is 10.3. The zero-order chi connectivity index (χ0) is 21.1. The van der Waals surface area contributed by atoms with Crippen molar-refractivity contribution in [2.75, 3.05) is 39.4 Å². The van der Waals surface area contributed by atoms with Crippen LogP contribution in [0.1, 0.15) is 6.42 Å². The smallest absolute Gasteiger partial charge is 0.250 e. The molecule has 1 aromatic carbocycles. The second-order valence-electron chi connectivity index (χ2n) is 7.11. The van der Waals surface area contributed by atoms with Crippen molar-refractivity contribution in [3.63, 3.8) is 0 Å². The minimum atomic E-state index is -3.72. The molecule has 0 unspecified atom stereocenters. The average molecular weight is 433 g/mol. The number of carbonyl (C=O) groups excluding carboxylic acids is 1. The normalized spacial score (nSPS) is 17.4. The average Bonchev–Trinajstić information content (AvgIpc) is 3.00. The number of ether oxygens (including phenoxy) is 2. The number of hydrogen-bond acceptors (Lipinski definition) is 6. The van der Waals surface area contributed by atoms with Crippen molar-refractivity contribution in [1.29, 1.82) is 0 Å². The Morgan fingerprint density at radius 1 is 0.967 bits per heavy atom. The summed E-state index contributed by atoms with van der Waals surface area (Å²) in [6.07, 6.45) is 2.30. The Bertz CT molecular complexity index is 1090. The van der Waals surface area contributed by atoms with Crippen molar-refractivity contribution in [3.8, 4) is 11.5 Å². The van der Waals surface area contributed by atoms with E-state index in [2.05, 4.69) is 0 Å². The van der Waals surface area contributed by atoms with Crippen molar-refractivity contribution in [3.05, 3.63) is 52.9 Å². The van der Waals surface area contributed by atoms with Crippen LogP contribution in [0.25, 0.3) is 0 Å². The molecule has 1 fully saturated rings. The molecule has 30 heavy (non-hydrogen) atoms. The van der Waals surface area contributed by atoms with Crippen molar-refractivity contribution >= 4 is 15.9 Å². The van der Waals surface area contributed by atoms with Crippen LogP contribution in [-0.2, 0) is 21.4 Å². The molecule has 0 atom stereocenters. The molecule has 1 aromatic heterocycles. The number of aromatic nitrogens is 1. The molecule has 1 amide bonds. The van der Waals surface area contributed by atoms with Crippen LogP contribution in [0.2, 0.25) is 0 Å². The van der Waals surface area contributed by atoms with E-state index in [1.54, 1.807) is 29.3 Å². The van der Waals surface area contributed by atoms with Gasteiger partial charge >= 0.3 is 0 Å². The molecular formula is C20H23N3O6S. The molecule has 0 bridgehead atoms. The van der Waals surface area contributed by atoms with Gasteiger partial charge in [0.2, 0.25) is 15.9 Å². The fourth-order valence-corrected chi connectivity index (χ4v) is 4.91. The number of pyridine rings is 1. The van der Waals surface area contributed by atoms with Crippen molar-refractivity contribution in [1.82, 2.24) is 13.8 Å². The lowest BCUT2D eigenvalue weighted by Crippen LogP contribution is -2.51. The fraction of sp³-hybridized carbons (Fsp3) is 0.400. The van der Waals surface area contributed by atoms with E-state index in [1.165, 1.54) is 27.1 Å². The molecule has 0 radical (unpaired) electrons. The summed E-state index contributed by atoms with van der Waals surface area (Å²) >= 11 is 0. The minimum absolute atomic E-state index is 0.0609. The maximum Gasteiger partial charge on any atom is 0.250 e. The van der Waals surface area contributed by atoms with E-state index in [-0.39, 0.29) is 49.1 Å². The number of amides is 1. The molecule has 2 aromatic rings. The highest BCUT2D eigenvalue weighted by atomic mass is 32.2. The molecule has 160 valence electrons. The van der Waals surface area contributed by atoms with Crippen LogP contribution in [0.5, 0.6) is 11.5 Å². The molecule has 3 heterocycles. The molecule has 1 saturated heterocycles. The Balaban J connectivity index is 1.42. The van der Waals surface area contributed by atoms with Crippen LogP contribution in [0.4, 0.5) is 0 Å². The molecule has 2 aliphatic heterocycles. The van der Waals surface area contributed by atoms with Crippen molar-refractivity contribution in [2.24, 2.45) is 0 Å². The highest BCUT2D eigenvalue weighted by Crippen LogP contribution is 2.33. The van der Waals surface area contributed by atoms with E-state index in [0.29, 0.717) is 24.7 Å². The summed E-state index contributed by atoms with van der Waals surface area (Å²) in [5.41, 5.74) is -0.249. The van der Waals surface area contributed by atoms with E-state index >= 15 is 0 Å². The van der Waals surface area contributed by atoms with Gasteiger partial charge in [-0.05, 0) is 18.2 Å². The van der Waals surface area contributed by atoms with Crippen LogP contribution >= 0.6 is 0 Å². The Morgan fingerprint density at radius 2 is 1.70 bits per heavy atom. The van der Waals surface area contributed by atoms with Gasteiger partial charge in [-0.15, -0.1) is 0 Å². The predicted octanol–water partition coefficient (Wildman–Crippen LogP) is 0.543. The Morgan fingerprint density at radius 3 is 2.43 bits per heavy atom. The van der Waals surface area contributed by atoms with Crippen LogP contribution in [0.15, 0.2) is 52.3 Å². The van der Waals surface area contributed by atoms with Crippen LogP contribution in [0, 0.1) is 0 Å². The molecule has 0 aliphatic carbocycles. The van der Waals surface area contributed by atoms with E-state index < -0.39 is 10.0 Å². The first kappa shape index (κ1) is 20.4. The monoisotopic (exact) mass is 433 g/mol. The van der Waals surface area contributed by atoms with Crippen LogP contribution in [-0.4, -0.2) is 67.5 Å². The lowest BCUT2D eigenvalue weighted by Gasteiger charge is -2.34. The zero-order valence-corrected chi connectivity index (χ0v) is 17.2. The quantitative estimate of drug-likeness (QED) is 0.698. The molecule has 2 aliphatic rings. The van der Waals surface area contributed by atoms with Gasteiger partial charge in [0.05, 0.1) is 18.1 Å². The topological polar surface area (TPSA) is 98.2 Å². The number of hydrogen-bond donors (Lipinski definition) is 0. The first-order chi connectivity index (χ1) is 14.4. The Kier molecular flexibility index (Phi) is 5.78. The molecular weight excluding hydrogens is 410 g/mol. The van der Waals surface area contributed by atoms with E-state index in [4.69, 9.17) is 9.47 Å². The van der Waals surface area contributed by atoms with Gasteiger partial charge in [0.15, 0.2) is 11.5 Å². The molecule has 9 nitrogen and oxygen atoms in total. The van der Waals surface area contributed by atoms with Crippen LogP contribution < -0.4 is 15.0 Å². The number of benzene rings is 1. The van der Waals surface area contributed by atoms with E-state index in [1.807, 2.05) is 0 Å². The standard InChI is InChI=1S/C20H23N3O6S/c24-19-4-1-2-7-22(19)15-20(25)21-8-10-23(11-9-21)30(26,27)16-5-6-17-18(14-16)29-13-3-12-28-17/h1-2,4-7,14H,3,8-13,15H2. The summed E-state index contributed by atoms with van der Waals surface area (Å²) in [6, 6.07) is 9.33. The SMILES string of the molecule is O=C(Cn1ccccc1=O)N1CCN(S(=O)(=O)c2ccc3c(c2)OCCCO3)CC1. The van der Waals surface area contributed by atoms with Gasteiger partial charge in [-0.25, -0.2) is 8.42 Å². The summed E-state index contributed by atoms with van der Waals surface area (Å²) in [5.74, 6) is 0.754. The van der Waals surface area contributed by atoms with Gasteiger partial charge in [-0.2, -0.15) is 4.31 Å². The minimum Gasteiger partial charge on any atom is -0.490 e. The maximum atomic E-state index is 13.1. The van der Waals surface area contributed by atoms with Gasteiger partial charge in [0, 0.05) is 50.9 Å². The molecule has 10 heteroatoms. The summed E-state index contributed by atoms with van der Waals surface area (Å²) in [7, 11) is -3.72. The highest BCUT2D eigenvalue weighted by Gasteiger charge is 2.31. The van der Waals surface area contributed by atoms with E-state index in [9.17, 15) is 18.0 Å². The number of rotatable bonds is 4. The second-order valence-corrected chi connectivity index (χ2v) is 9.05. The summed E-state index contributed by atoms with van der Waals surface area (Å²) < 4.78 is 40.0. The Hall–Kier alpha value is -2.85. The third-order valence-corrected chi connectivity index (χ3v) is 7.05. The third kappa shape index (κ3) is 4.19. The van der Waals surface area contributed by atoms with Gasteiger partial charge < -0.3 is 18.9 Å². The number of nitrogens with zero attached hydrogens (tertiary/aromatic N) is 3. The summed E-state index contributed by atoms with van der Waals surface area (Å²) in [4.78, 5) is 26.0. The fourth-order valence-electron chi connectivity index (χ4n) is 3.47. The lowest BCUT2D eigenvalue weighted by molar-refractivity contribution is -0.133. The van der Waals surface area contributed by atoms with Crippen molar-refractivity contribution < 1.29 is 22.7 Å². The number of carbonyl (C=O) groups is 1. The maximum absolute atomic E-state index is 13.1. The van der Waals surface area contributed by atoms with Crippen LogP contribution in [0.3, 0.4) is 0 Å². The Labute approximate surface area is 174 Å². The first-order valence-electron chi connectivity index (χ1n) is 9.78. The van der Waals surface area contributed by atoms with Gasteiger partial charge in [0.1, 0.15) is 6.54 Å². The van der Waals surface area contributed by atoms with Crippen molar-refractivity contribution in [2.45, 2.75) is 17.9 Å². The largest absolute Gasteiger partial charge is 0.490 e. The molecule has 0 N–H and O–H groups in total. The summed E-state index contributed by atoms with van der Waals surface area (Å²) in [6.45, 7) is 1.85. The molecule has 4 rings (SSSR count). The zero-order valence-electron chi connectivity index (χ0n) is 16.4. The predicted molar refractivity (Wildman–Crippen MR) is 108 cm³/mol. The number of piperazine rings is 1. The van der Waals surface area contributed by atoms with Gasteiger partial charge in [0.25, 0.3) is 5.56 Å². The van der Waals surface area contributed by atoms with Gasteiger partial charge in [-0.3, -0.25) is 9.59 Å². The van der Waals surface area contributed by atoms with Gasteiger partial charge in [-0.1, -0.05) is 6.07 Å². The molecule has 0 spiro atoms. The molecule has 0 saturated carbocycles. The summed E-state index contributed by atoms with van der Waals surface area (Å²) in [5, 5.41) is 0. The highest BCUT2D eigenvalue weighted by molar-refractivity contribution is 7.89.